The van der Waals surface area contributed by atoms with Crippen molar-refractivity contribution in [2.75, 3.05) is 40.6 Å². The van der Waals surface area contributed by atoms with E-state index in [0.29, 0.717) is 26.4 Å². The average molecular weight is 593 g/mol. The predicted octanol–water partition coefficient (Wildman–Crippen LogP) is 7.30. The average Bonchev–Trinajstić information content (AvgIpc) is 2.58. The van der Waals surface area contributed by atoms with E-state index in [0.717, 1.165) is 12.8 Å². The van der Waals surface area contributed by atoms with Gasteiger partial charge in [0.1, 0.15) is 0 Å². The summed E-state index contributed by atoms with van der Waals surface area (Å²) < 4.78 is 31.2. The molecular formula is C24H60CaN2O4Si4. The fourth-order valence-corrected chi connectivity index (χ4v) is 20.1. The van der Waals surface area contributed by atoms with E-state index in [2.05, 4.69) is 78.6 Å². The van der Waals surface area contributed by atoms with Gasteiger partial charge in [-0.25, -0.2) is 0 Å². The molecule has 208 valence electrons. The monoisotopic (exact) mass is 592 g/mol. The van der Waals surface area contributed by atoms with Gasteiger partial charge in [-0.2, -0.15) is 0 Å². The number of methoxy groups -OCH3 is 2. The molecule has 0 aromatic rings. The third-order valence-corrected chi connectivity index (χ3v) is 15.0. The van der Waals surface area contributed by atoms with Crippen LogP contribution in [0.25, 0.3) is 9.30 Å². The zero-order chi connectivity index (χ0) is 27.1. The summed E-state index contributed by atoms with van der Waals surface area (Å²) in [7, 11) is -1.04. The third-order valence-electron chi connectivity index (χ3n) is 4.22. The maximum atomic E-state index is 5.78. The van der Waals surface area contributed by atoms with Crippen LogP contribution in [0.15, 0.2) is 0 Å². The summed E-state index contributed by atoms with van der Waals surface area (Å²) in [5.74, 6) is 0. The molecule has 0 heterocycles. The van der Waals surface area contributed by atoms with Crippen LogP contribution in [-0.4, -0.2) is 124 Å². The first kappa shape index (κ1) is 41.4. The van der Waals surface area contributed by atoms with E-state index in [-0.39, 0.29) is 49.9 Å². The van der Waals surface area contributed by atoms with E-state index >= 15 is 0 Å². The van der Waals surface area contributed by atoms with Crippen molar-refractivity contribution in [3.63, 3.8) is 0 Å². The predicted molar refractivity (Wildman–Crippen MR) is 168 cm³/mol. The second kappa shape index (κ2) is 20.7. The van der Waals surface area contributed by atoms with Crippen LogP contribution in [0.1, 0.15) is 25.7 Å². The van der Waals surface area contributed by atoms with Gasteiger partial charge in [0.15, 0.2) is 0 Å². The summed E-state index contributed by atoms with van der Waals surface area (Å²) in [6.45, 7) is 30.2. The Hall–Kier alpha value is 1.89. The van der Waals surface area contributed by atoms with Gasteiger partial charge in [-0.3, -0.25) is 0 Å². The maximum absolute atomic E-state index is 5.78. The van der Waals surface area contributed by atoms with E-state index in [1.54, 1.807) is 14.2 Å². The Bertz CT molecular complexity index is 426. The summed E-state index contributed by atoms with van der Waals surface area (Å²) in [4.78, 5) is 0. The molecule has 1 saturated carbocycles. The Morgan fingerprint density at radius 1 is 0.514 bits per heavy atom. The summed E-state index contributed by atoms with van der Waals surface area (Å²) in [6.07, 6.45) is 5.15. The molecule has 0 aliphatic heterocycles. The van der Waals surface area contributed by atoms with Crippen molar-refractivity contribution < 1.29 is 18.9 Å². The van der Waals surface area contributed by atoms with Crippen molar-refractivity contribution in [1.29, 1.82) is 0 Å². The molecule has 0 N–H and O–H groups in total. The standard InChI is InChI=1S/C12H24O4.2C6H18NSi2.Ca/c1-13-7-9-15-11-5-3-4-6-12(11)16-10-8-14-2;2*1-8(2,3)7-9(4,5)6;/h11-12H,3-10H2,1-2H3;2*1-6H3;/q;2*-1;+2/t11-,12-;;;/m0.../s1. The first-order chi connectivity index (χ1) is 15.3. The van der Waals surface area contributed by atoms with E-state index in [1.807, 2.05) is 0 Å². The van der Waals surface area contributed by atoms with E-state index in [1.165, 1.54) is 12.8 Å². The van der Waals surface area contributed by atoms with Crippen LogP contribution in [0.4, 0.5) is 0 Å². The van der Waals surface area contributed by atoms with Crippen molar-refractivity contribution in [3.05, 3.63) is 9.30 Å². The molecular weight excluding hydrogens is 533 g/mol. The van der Waals surface area contributed by atoms with Gasteiger partial charge >= 0.3 is 37.7 Å². The molecule has 0 saturated heterocycles. The maximum Gasteiger partial charge on any atom is 2.00 e. The van der Waals surface area contributed by atoms with Gasteiger partial charge in [0.2, 0.25) is 0 Å². The number of rotatable bonds is 12. The van der Waals surface area contributed by atoms with Crippen molar-refractivity contribution in [2.45, 2.75) is 116 Å². The van der Waals surface area contributed by atoms with Crippen LogP contribution in [0.5, 0.6) is 0 Å². The van der Waals surface area contributed by atoms with E-state index in [9.17, 15) is 0 Å². The third kappa shape index (κ3) is 33.9. The molecule has 0 aromatic carbocycles. The summed E-state index contributed by atoms with van der Waals surface area (Å²) in [5, 5.41) is 0. The Kier molecular flexibility index (Phi) is 24.5. The normalized spacial score (nSPS) is 19.0. The topological polar surface area (TPSA) is 65.1 Å². The molecule has 1 fully saturated rings. The van der Waals surface area contributed by atoms with Crippen LogP contribution in [0.3, 0.4) is 0 Å². The van der Waals surface area contributed by atoms with Gasteiger partial charge in [-0.05, 0) is 12.8 Å². The van der Waals surface area contributed by atoms with Gasteiger partial charge in [0.05, 0.1) is 38.6 Å². The molecule has 0 spiro atoms. The molecule has 11 heteroatoms. The van der Waals surface area contributed by atoms with Crippen LogP contribution in [0.2, 0.25) is 78.6 Å². The quantitative estimate of drug-likeness (QED) is 0.176. The number of hydrogen-bond acceptors (Lipinski definition) is 4. The molecule has 0 unspecified atom stereocenters. The molecule has 2 atom stereocenters. The molecule has 1 aliphatic rings. The van der Waals surface area contributed by atoms with Crippen molar-refractivity contribution in [3.8, 4) is 0 Å². The number of hydrogen-bond donors (Lipinski definition) is 0. The van der Waals surface area contributed by atoms with Crippen molar-refractivity contribution >= 4 is 70.7 Å². The first-order valence-electron chi connectivity index (χ1n) is 13.0. The molecule has 1 rings (SSSR count). The van der Waals surface area contributed by atoms with E-state index in [4.69, 9.17) is 28.2 Å². The Labute approximate surface area is 254 Å². The molecule has 0 bridgehead atoms. The Morgan fingerprint density at radius 3 is 0.943 bits per heavy atom. The van der Waals surface area contributed by atoms with Gasteiger partial charge in [0, 0.05) is 14.2 Å². The SMILES string of the molecule is COCCO[C@H]1CCCC[C@@H]1OCCOC.C[Si](C)(C)[N-][Si](C)(C)C.C[Si](C)(C)[N-][Si](C)(C)C.[Ca+2]. The molecule has 1 aliphatic carbocycles. The van der Waals surface area contributed by atoms with Gasteiger partial charge in [-0.1, -0.05) is 124 Å². The zero-order valence-corrected chi connectivity index (χ0v) is 32.3. The number of nitrogens with zero attached hydrogens (tertiary/aromatic N) is 2. The molecule has 0 radical (unpaired) electrons. The van der Waals surface area contributed by atoms with Crippen molar-refractivity contribution in [1.82, 2.24) is 0 Å². The van der Waals surface area contributed by atoms with Gasteiger partial charge in [-0.15, -0.1) is 0 Å². The zero-order valence-electron chi connectivity index (χ0n) is 26.0. The summed E-state index contributed by atoms with van der Waals surface area (Å²) >= 11 is 0. The largest absolute Gasteiger partial charge is 2.00 e. The van der Waals surface area contributed by atoms with Gasteiger partial charge < -0.3 is 28.2 Å². The second-order valence-corrected chi connectivity index (χ2v) is 32.2. The smallest absolute Gasteiger partial charge is 0.668 e. The first-order valence-corrected chi connectivity index (χ1v) is 26.8. The fourth-order valence-electron chi connectivity index (χ4n) is 4.02. The van der Waals surface area contributed by atoms with Crippen molar-refractivity contribution in [2.24, 2.45) is 0 Å². The summed E-state index contributed by atoms with van der Waals surface area (Å²) in [5.41, 5.74) is 0. The van der Waals surface area contributed by atoms with Crippen LogP contribution in [0, 0.1) is 0 Å². The second-order valence-electron chi connectivity index (χ2n) is 13.0. The van der Waals surface area contributed by atoms with Crippen LogP contribution >= 0.6 is 0 Å². The minimum Gasteiger partial charge on any atom is -0.668 e. The molecule has 35 heavy (non-hydrogen) atoms. The molecule has 0 aromatic heterocycles. The van der Waals surface area contributed by atoms with Crippen LogP contribution < -0.4 is 0 Å². The summed E-state index contributed by atoms with van der Waals surface area (Å²) in [6, 6.07) is 0. The van der Waals surface area contributed by atoms with Crippen LogP contribution in [-0.2, 0) is 18.9 Å². The number of ether oxygens (including phenoxy) is 4. The minimum absolute atomic E-state index is 0. The molecule has 6 nitrogen and oxygen atoms in total. The van der Waals surface area contributed by atoms with Gasteiger partial charge in [0.25, 0.3) is 0 Å². The fraction of sp³-hybridized carbons (Fsp3) is 1.00. The minimum atomic E-state index is -1.11. The molecule has 0 amide bonds. The van der Waals surface area contributed by atoms with E-state index < -0.39 is 32.9 Å². The Balaban J connectivity index is -0.000000466. The Morgan fingerprint density at radius 2 is 0.771 bits per heavy atom.